The van der Waals surface area contributed by atoms with Gasteiger partial charge in [0.25, 0.3) is 0 Å². The summed E-state index contributed by atoms with van der Waals surface area (Å²) >= 11 is 1.43. The molecule has 3 rings (SSSR count). The van der Waals surface area contributed by atoms with E-state index in [1.807, 2.05) is 12.1 Å². The van der Waals surface area contributed by atoms with Crippen LogP contribution in [0.15, 0.2) is 47.3 Å². The maximum absolute atomic E-state index is 12.7. The van der Waals surface area contributed by atoms with Crippen LogP contribution in [0.1, 0.15) is 13.3 Å². The third-order valence-corrected chi connectivity index (χ3v) is 5.72. The van der Waals surface area contributed by atoms with E-state index in [0.29, 0.717) is 15.5 Å². The number of hydrogen-bond acceptors (Lipinski definition) is 5. The number of ether oxygens (including phenoxy) is 1. The number of fused-ring (bicyclic) bond motifs is 2. The van der Waals surface area contributed by atoms with Gasteiger partial charge in [0, 0.05) is 14.8 Å². The summed E-state index contributed by atoms with van der Waals surface area (Å²) in [4.78, 5) is 12.7. The van der Waals surface area contributed by atoms with Crippen LogP contribution in [0.25, 0.3) is 20.2 Å². The van der Waals surface area contributed by atoms with Crippen molar-refractivity contribution in [3.63, 3.8) is 0 Å². The molecule has 0 aliphatic rings. The Morgan fingerprint density at radius 2 is 1.79 bits per heavy atom. The number of rotatable bonds is 4. The Labute approximate surface area is 165 Å². The molecule has 122 valence electrons. The van der Waals surface area contributed by atoms with Crippen LogP contribution in [0.5, 0.6) is 5.75 Å². The van der Waals surface area contributed by atoms with Gasteiger partial charge in [-0.2, -0.15) is 8.42 Å². The predicted octanol–water partition coefficient (Wildman–Crippen LogP) is 2.77. The van der Waals surface area contributed by atoms with Gasteiger partial charge in [-0.25, -0.2) is 0 Å². The quantitative estimate of drug-likeness (QED) is 0.431. The first-order valence-electron chi connectivity index (χ1n) is 6.99. The van der Waals surface area contributed by atoms with Crippen LogP contribution < -0.4 is 10.2 Å². The van der Waals surface area contributed by atoms with Gasteiger partial charge < -0.3 is 4.74 Å². The number of hydrogen-bond donors (Lipinski definition) is 1. The summed E-state index contributed by atoms with van der Waals surface area (Å²) in [5.74, 6) is 0.166. The summed E-state index contributed by atoms with van der Waals surface area (Å²) in [6.45, 7) is 1.58. The summed E-state index contributed by atoms with van der Waals surface area (Å²) in [6.07, 6.45) is 0.0699. The molecule has 0 aliphatic carbocycles. The molecule has 1 N–H and O–H groups in total. The summed E-state index contributed by atoms with van der Waals surface area (Å²) in [5, 5.41) is 0.888. The molecular formula is C16H15NaO5S2. The van der Waals surface area contributed by atoms with Crippen LogP contribution in [0.3, 0.4) is 0 Å². The molecule has 1 heterocycles. The Bertz CT molecular complexity index is 1040. The fraction of sp³-hybridized carbons (Fsp3) is 0.188. The van der Waals surface area contributed by atoms with E-state index in [1.165, 1.54) is 11.3 Å². The fourth-order valence-corrected chi connectivity index (χ4v) is 4.15. The second kappa shape index (κ2) is 7.51. The van der Waals surface area contributed by atoms with Gasteiger partial charge >= 0.3 is 39.7 Å². The topological polar surface area (TPSA) is 80.7 Å². The average molecular weight is 374 g/mol. The molecule has 24 heavy (non-hydrogen) atoms. The minimum atomic E-state index is -4.36. The Hall–Kier alpha value is -0.960. The van der Waals surface area contributed by atoms with Gasteiger partial charge in [-0.1, -0.05) is 25.1 Å². The van der Waals surface area contributed by atoms with Crippen molar-refractivity contribution in [3.05, 3.63) is 52.7 Å². The van der Waals surface area contributed by atoms with E-state index in [9.17, 15) is 17.8 Å². The van der Waals surface area contributed by atoms with Crippen molar-refractivity contribution < 1.29 is 17.7 Å². The molecular weight excluding hydrogens is 359 g/mol. The zero-order chi connectivity index (χ0) is 16.6. The van der Waals surface area contributed by atoms with Gasteiger partial charge in [-0.3, -0.25) is 9.35 Å². The first kappa shape index (κ1) is 19.4. The molecule has 0 aliphatic heterocycles. The Morgan fingerprint density at radius 3 is 2.46 bits per heavy atom. The minimum absolute atomic E-state index is 0. The van der Waals surface area contributed by atoms with Crippen LogP contribution in [-0.4, -0.2) is 48.0 Å². The Morgan fingerprint density at radius 1 is 1.12 bits per heavy atom. The van der Waals surface area contributed by atoms with Crippen molar-refractivity contribution in [2.45, 2.75) is 18.8 Å². The van der Waals surface area contributed by atoms with Crippen LogP contribution in [0, 0.1) is 0 Å². The van der Waals surface area contributed by atoms with Crippen molar-refractivity contribution in [3.8, 4) is 5.75 Å². The van der Waals surface area contributed by atoms with Gasteiger partial charge in [0.2, 0.25) is 5.44 Å². The molecule has 0 radical (unpaired) electrons. The third-order valence-electron chi connectivity index (χ3n) is 3.49. The second-order valence-corrected chi connectivity index (χ2v) is 7.67. The van der Waals surface area contributed by atoms with Gasteiger partial charge in [0.05, 0.1) is 5.39 Å². The van der Waals surface area contributed by atoms with Crippen molar-refractivity contribution >= 4 is 71.2 Å². The Kier molecular flexibility index (Phi) is 6.06. The molecule has 0 bridgehead atoms. The van der Waals surface area contributed by atoms with Crippen molar-refractivity contribution in [2.24, 2.45) is 0 Å². The molecule has 3 aromatic rings. The standard InChI is InChI=1S/C16H14O5S2.Na.H/c1-2-14(23(18,19)20)21-11-7-5-9-13-15(11)16(17)10-6-3-4-8-12(10)22-13;;/h3-9,14H,2H2,1H3,(H,18,19,20);;. The van der Waals surface area contributed by atoms with E-state index in [1.54, 1.807) is 37.3 Å². The van der Waals surface area contributed by atoms with Crippen molar-refractivity contribution in [1.82, 2.24) is 0 Å². The van der Waals surface area contributed by atoms with Gasteiger partial charge in [-0.15, -0.1) is 11.3 Å². The third kappa shape index (κ3) is 3.66. The van der Waals surface area contributed by atoms with E-state index < -0.39 is 15.6 Å². The van der Waals surface area contributed by atoms with E-state index >= 15 is 0 Å². The van der Waals surface area contributed by atoms with Gasteiger partial charge in [0.1, 0.15) is 5.75 Å². The van der Waals surface area contributed by atoms with E-state index in [2.05, 4.69) is 0 Å². The monoisotopic (exact) mass is 374 g/mol. The maximum atomic E-state index is 12.7. The molecule has 8 heteroatoms. The van der Waals surface area contributed by atoms with Crippen molar-refractivity contribution in [1.29, 1.82) is 0 Å². The van der Waals surface area contributed by atoms with Crippen LogP contribution in [0.4, 0.5) is 0 Å². The van der Waals surface area contributed by atoms with Crippen LogP contribution in [-0.2, 0) is 10.1 Å². The molecule has 0 spiro atoms. The zero-order valence-electron chi connectivity index (χ0n) is 12.2. The fourth-order valence-electron chi connectivity index (χ4n) is 2.41. The van der Waals surface area contributed by atoms with Crippen LogP contribution in [0.2, 0.25) is 0 Å². The molecule has 1 aromatic heterocycles. The van der Waals surface area contributed by atoms with E-state index in [-0.39, 0.29) is 47.2 Å². The van der Waals surface area contributed by atoms with E-state index in [4.69, 9.17) is 4.74 Å². The average Bonchev–Trinajstić information content (AvgIpc) is 2.51. The van der Waals surface area contributed by atoms with E-state index in [0.717, 1.165) is 4.70 Å². The van der Waals surface area contributed by atoms with Crippen LogP contribution >= 0.6 is 11.3 Å². The summed E-state index contributed by atoms with van der Waals surface area (Å²) in [7, 11) is -4.36. The van der Waals surface area contributed by atoms with Gasteiger partial charge in [-0.05, 0) is 30.7 Å². The molecule has 1 unspecified atom stereocenters. The molecule has 0 fully saturated rings. The second-order valence-electron chi connectivity index (χ2n) is 5.03. The first-order chi connectivity index (χ1) is 10.9. The molecule has 0 saturated carbocycles. The molecule has 5 nitrogen and oxygen atoms in total. The summed E-state index contributed by atoms with van der Waals surface area (Å²) < 4.78 is 38.9. The van der Waals surface area contributed by atoms with Gasteiger partial charge in [0.15, 0.2) is 5.43 Å². The van der Waals surface area contributed by atoms with Crippen molar-refractivity contribution in [2.75, 3.05) is 0 Å². The molecule has 2 aromatic carbocycles. The summed E-state index contributed by atoms with van der Waals surface area (Å²) in [5.41, 5.74) is -1.61. The Balaban J connectivity index is 0.00000208. The molecule has 0 saturated heterocycles. The normalized spacial score (nSPS) is 12.8. The summed E-state index contributed by atoms with van der Waals surface area (Å²) in [6, 6.07) is 12.2. The molecule has 0 amide bonds. The SMILES string of the molecule is CCC(Oc1cccc2sc3ccccc3c(=O)c12)S(=O)(=O)O.[NaH]. The zero-order valence-corrected chi connectivity index (χ0v) is 13.9. The molecule has 1 atom stereocenters. The first-order valence-corrected chi connectivity index (χ1v) is 9.31. The number of benzene rings is 2. The predicted molar refractivity (Wildman–Crippen MR) is 99.0 cm³/mol.